The Morgan fingerprint density at radius 2 is 1.10 bits per heavy atom. The molecule has 0 N–H and O–H groups in total. The van der Waals surface area contributed by atoms with Gasteiger partial charge in [-0.05, 0) is 109 Å². The number of rotatable bonds is 11. The number of hydrogen-bond donors (Lipinski definition) is 0. The SMILES string of the molecule is CC(C)C(/C=C/[C@@H](C)[C@H]1CC[C@H]2[C@@H]3C[C@H](OS(=O)(=O)[O-])[C@H]4C[C@H](OS(=O)(=O)[O-])[C@@H](OS(=O)(=O)[O-])C[C@]4(C)[C@H]3CC[C@]12C)C(C)C.[Na+].[Na+].[Na+]. The zero-order valence-corrected chi connectivity index (χ0v) is 38.6. The van der Waals surface area contributed by atoms with E-state index in [-0.39, 0.29) is 131 Å². The van der Waals surface area contributed by atoms with E-state index >= 15 is 0 Å². The predicted octanol–water partition coefficient (Wildman–Crippen LogP) is -4.47. The number of allylic oxidation sites excluding steroid dienone is 2. The van der Waals surface area contributed by atoms with Gasteiger partial charge in [-0.1, -0.05) is 60.6 Å². The van der Waals surface area contributed by atoms with Gasteiger partial charge in [0.15, 0.2) is 0 Å². The van der Waals surface area contributed by atoms with Crippen molar-refractivity contribution in [1.29, 1.82) is 0 Å². The smallest absolute Gasteiger partial charge is 0.726 e. The molecule has 0 bridgehead atoms. The van der Waals surface area contributed by atoms with E-state index in [4.69, 9.17) is 8.37 Å². The van der Waals surface area contributed by atoms with Crippen LogP contribution in [0.15, 0.2) is 12.2 Å². The fourth-order valence-corrected chi connectivity index (χ4v) is 12.1. The van der Waals surface area contributed by atoms with Crippen molar-refractivity contribution in [3.8, 4) is 0 Å². The largest absolute Gasteiger partial charge is 1.00 e. The summed E-state index contributed by atoms with van der Waals surface area (Å²) in [6, 6.07) is 0. The van der Waals surface area contributed by atoms with Gasteiger partial charge in [-0.3, -0.25) is 12.5 Å². The maximum atomic E-state index is 11.9. The number of fused-ring (bicyclic) bond motifs is 5. The molecule has 0 unspecified atom stereocenters. The maximum Gasteiger partial charge on any atom is 1.00 e. The number of hydrogen-bond acceptors (Lipinski definition) is 12. The third kappa shape index (κ3) is 11.2. The topological polar surface area (TPSA) is 199 Å². The molecule has 4 aliphatic rings. The quantitative estimate of drug-likeness (QED) is 0.0848. The standard InChI is InChI=1S/C30H52O12S3.3Na/c1-17(2)20(18(3)4)9-8-19(5)22-10-11-23-21-14-26(40-43(31,32)33)25-15-27(41-44(34,35)36)28(42-45(37,38)39)16-30(25,7)24(21)12-13-29(22,23)6;;;/h8-9,17-28H,10-16H2,1-7H3,(H,31,32,33)(H,34,35,36)(H,37,38,39);;;/q;3*+1/p-3/b9-8+;;;/t19-,21+,22-,23+,24+,25-,26+,27+,28+,29-,30-;;;/m1.../s1. The molecule has 0 amide bonds. The van der Waals surface area contributed by atoms with E-state index in [0.29, 0.717) is 29.6 Å². The van der Waals surface area contributed by atoms with Gasteiger partial charge in [0.05, 0.1) is 6.10 Å². The van der Waals surface area contributed by atoms with Crippen LogP contribution in [-0.4, -0.2) is 57.2 Å². The Bertz CT molecular complexity index is 1430. The van der Waals surface area contributed by atoms with Crippen LogP contribution in [-0.2, 0) is 43.7 Å². The Morgan fingerprint density at radius 1 is 0.625 bits per heavy atom. The average molecular weight is 767 g/mol. The summed E-state index contributed by atoms with van der Waals surface area (Å²) < 4.78 is 120. The second-order valence-corrected chi connectivity index (χ2v) is 18.4. The van der Waals surface area contributed by atoms with Crippen molar-refractivity contribution in [2.75, 3.05) is 0 Å². The van der Waals surface area contributed by atoms with Crippen molar-refractivity contribution in [2.45, 2.75) is 112 Å². The minimum atomic E-state index is -5.35. The fraction of sp³-hybridized carbons (Fsp3) is 0.933. The molecule has 4 rings (SSSR count). The molecule has 18 heteroatoms. The van der Waals surface area contributed by atoms with E-state index in [2.05, 4.69) is 57.9 Å². The van der Waals surface area contributed by atoms with Crippen molar-refractivity contribution in [1.82, 2.24) is 0 Å². The second kappa shape index (κ2) is 17.9. The van der Waals surface area contributed by atoms with Gasteiger partial charge in [0.2, 0.25) is 31.2 Å². The van der Waals surface area contributed by atoms with Crippen molar-refractivity contribution >= 4 is 31.2 Å². The zero-order chi connectivity index (χ0) is 33.9. The molecule has 0 aromatic carbocycles. The molecule has 0 spiro atoms. The van der Waals surface area contributed by atoms with Crippen LogP contribution >= 0.6 is 0 Å². The van der Waals surface area contributed by atoms with Crippen LogP contribution in [0.1, 0.15) is 93.4 Å². The third-order valence-corrected chi connectivity index (χ3v) is 13.7. The first-order valence-electron chi connectivity index (χ1n) is 16.1. The maximum absolute atomic E-state index is 11.9. The van der Waals surface area contributed by atoms with Gasteiger partial charge in [-0.25, -0.2) is 25.3 Å². The van der Waals surface area contributed by atoms with Crippen molar-refractivity contribution in [2.24, 2.45) is 64.1 Å². The third-order valence-electron chi connectivity index (χ3n) is 12.2. The van der Waals surface area contributed by atoms with E-state index in [0.717, 1.165) is 25.7 Å². The summed E-state index contributed by atoms with van der Waals surface area (Å²) in [5, 5.41) is 0. The normalized spacial score (nSPS) is 37.6. The van der Waals surface area contributed by atoms with Crippen LogP contribution in [0, 0.1) is 64.1 Å². The van der Waals surface area contributed by atoms with Gasteiger partial charge in [0.25, 0.3) is 0 Å². The van der Waals surface area contributed by atoms with Gasteiger partial charge >= 0.3 is 88.7 Å². The zero-order valence-electron chi connectivity index (χ0n) is 30.2. The van der Waals surface area contributed by atoms with E-state index in [1.165, 1.54) is 0 Å². The van der Waals surface area contributed by atoms with Crippen molar-refractivity contribution < 1.29 is 140 Å². The van der Waals surface area contributed by atoms with Crippen LogP contribution in [0.4, 0.5) is 0 Å². The van der Waals surface area contributed by atoms with Gasteiger partial charge in [-0.2, -0.15) is 0 Å². The summed E-state index contributed by atoms with van der Waals surface area (Å²) >= 11 is 0. The van der Waals surface area contributed by atoms with Crippen molar-refractivity contribution in [3.63, 3.8) is 0 Å². The molecule has 0 aromatic rings. The Kier molecular flexibility index (Phi) is 18.0. The summed E-state index contributed by atoms with van der Waals surface area (Å²) in [5.74, 6) is 1.38. The summed E-state index contributed by atoms with van der Waals surface area (Å²) in [4.78, 5) is 0. The molecule has 11 atom stereocenters. The van der Waals surface area contributed by atoms with Crippen LogP contribution in [0.3, 0.4) is 0 Å². The Hall–Kier alpha value is 2.35. The minimum absolute atomic E-state index is 0. The van der Waals surface area contributed by atoms with E-state index in [1.807, 2.05) is 6.92 Å². The molecule has 0 saturated heterocycles. The Labute approximate surface area is 355 Å². The van der Waals surface area contributed by atoms with E-state index < -0.39 is 60.8 Å². The molecule has 0 aliphatic heterocycles. The summed E-state index contributed by atoms with van der Waals surface area (Å²) in [5.41, 5.74) is -0.988. The first-order valence-corrected chi connectivity index (χ1v) is 20.1. The first-order chi connectivity index (χ1) is 20.4. The molecule has 48 heavy (non-hydrogen) atoms. The van der Waals surface area contributed by atoms with E-state index in [9.17, 15) is 38.9 Å². The van der Waals surface area contributed by atoms with E-state index in [1.54, 1.807) is 0 Å². The molecule has 4 aliphatic carbocycles. The molecule has 4 fully saturated rings. The molecule has 0 heterocycles. The Morgan fingerprint density at radius 3 is 1.60 bits per heavy atom. The summed E-state index contributed by atoms with van der Waals surface area (Å²) in [6.07, 6.45) is 3.43. The monoisotopic (exact) mass is 766 g/mol. The minimum Gasteiger partial charge on any atom is -0.726 e. The van der Waals surface area contributed by atoms with Gasteiger partial charge in [0, 0.05) is 0 Å². The molecule has 0 aromatic heterocycles. The summed E-state index contributed by atoms with van der Waals surface area (Å²) in [7, 11) is -15.9. The molecule has 262 valence electrons. The Balaban J connectivity index is 0.00000384. The van der Waals surface area contributed by atoms with Crippen molar-refractivity contribution in [3.05, 3.63) is 12.2 Å². The average Bonchev–Trinajstić information content (AvgIpc) is 3.19. The first kappa shape index (κ1) is 48.4. The van der Waals surface area contributed by atoms with Crippen LogP contribution in [0.5, 0.6) is 0 Å². The molecule has 0 radical (unpaired) electrons. The summed E-state index contributed by atoms with van der Waals surface area (Å²) in [6.45, 7) is 15.3. The molecular weight excluding hydrogens is 717 g/mol. The molecule has 4 saturated carbocycles. The van der Waals surface area contributed by atoms with Gasteiger partial charge in [-0.15, -0.1) is 0 Å². The van der Waals surface area contributed by atoms with Gasteiger partial charge < -0.3 is 13.7 Å². The van der Waals surface area contributed by atoms with Crippen LogP contribution in [0.2, 0.25) is 0 Å². The predicted molar refractivity (Wildman–Crippen MR) is 161 cm³/mol. The second-order valence-electron chi connectivity index (χ2n) is 15.3. The van der Waals surface area contributed by atoms with Gasteiger partial charge in [0.1, 0.15) is 12.2 Å². The molecule has 12 nitrogen and oxygen atoms in total. The van der Waals surface area contributed by atoms with Crippen LogP contribution < -0.4 is 88.7 Å². The fourth-order valence-electron chi connectivity index (χ4n) is 10.6. The molecular formula is C30H49Na3O12S3. The van der Waals surface area contributed by atoms with Crippen LogP contribution in [0.25, 0.3) is 0 Å².